The molecule has 1 saturated heterocycles. The van der Waals surface area contributed by atoms with E-state index in [1.54, 1.807) is 31.1 Å². The first-order valence-corrected chi connectivity index (χ1v) is 5.28. The molecule has 17 heavy (non-hydrogen) atoms. The van der Waals surface area contributed by atoms with Crippen LogP contribution in [0.5, 0.6) is 0 Å². The van der Waals surface area contributed by atoms with Gasteiger partial charge in [0, 0.05) is 19.7 Å². The van der Waals surface area contributed by atoms with Gasteiger partial charge in [0.1, 0.15) is 11.6 Å². The first-order valence-electron chi connectivity index (χ1n) is 5.28. The van der Waals surface area contributed by atoms with Crippen molar-refractivity contribution in [2.45, 2.75) is 6.29 Å². The second-order valence-corrected chi connectivity index (χ2v) is 3.94. The van der Waals surface area contributed by atoms with Gasteiger partial charge in [0.15, 0.2) is 12.1 Å². The summed E-state index contributed by atoms with van der Waals surface area (Å²) in [6.45, 7) is 0.892. The Morgan fingerprint density at radius 2 is 2.00 bits per heavy atom. The summed E-state index contributed by atoms with van der Waals surface area (Å²) in [6, 6.07) is 5.18. The zero-order valence-corrected chi connectivity index (χ0v) is 9.74. The molecular weight excluding hydrogens is 223 g/mol. The molecule has 1 aromatic rings. The zero-order chi connectivity index (χ0) is 12.4. The fourth-order valence-electron chi connectivity index (χ4n) is 1.78. The maximum Gasteiger partial charge on any atom is 0.186 e. The molecule has 1 heterocycles. The number of anilines is 1. The van der Waals surface area contributed by atoms with Gasteiger partial charge in [-0.25, -0.2) is 4.39 Å². The van der Waals surface area contributed by atoms with E-state index in [0.29, 0.717) is 18.9 Å². The maximum atomic E-state index is 14.1. The molecule has 0 bridgehead atoms. The summed E-state index contributed by atoms with van der Waals surface area (Å²) in [7, 11) is 3.52. The quantitative estimate of drug-likeness (QED) is 0.785. The minimum absolute atomic E-state index is 0.0200. The smallest absolute Gasteiger partial charge is 0.186 e. The molecule has 1 fully saturated rings. The van der Waals surface area contributed by atoms with Crippen LogP contribution in [0.3, 0.4) is 0 Å². The van der Waals surface area contributed by atoms with Gasteiger partial charge in [-0.15, -0.1) is 0 Å². The number of hydrogen-bond acceptors (Lipinski definition) is 4. The van der Waals surface area contributed by atoms with Gasteiger partial charge in [0.05, 0.1) is 18.9 Å². The van der Waals surface area contributed by atoms with Crippen LogP contribution < -0.4 is 4.90 Å². The summed E-state index contributed by atoms with van der Waals surface area (Å²) in [5.41, 5.74) is 0.850. The third-order valence-electron chi connectivity index (χ3n) is 2.62. The molecular formula is C12H13FN2O2. The van der Waals surface area contributed by atoms with E-state index in [-0.39, 0.29) is 11.1 Å². The van der Waals surface area contributed by atoms with Crippen molar-refractivity contribution in [1.29, 1.82) is 5.26 Å². The molecule has 1 aliphatic rings. The van der Waals surface area contributed by atoms with Crippen LogP contribution in [-0.2, 0) is 9.47 Å². The summed E-state index contributed by atoms with van der Waals surface area (Å²) in [4.78, 5) is 1.70. The van der Waals surface area contributed by atoms with Crippen LogP contribution in [0.25, 0.3) is 0 Å². The molecule has 0 amide bonds. The highest BCUT2D eigenvalue weighted by molar-refractivity contribution is 5.60. The SMILES string of the molecule is CN(C)c1ccc(C2OCCO2)c(F)c1C#N. The predicted molar refractivity (Wildman–Crippen MR) is 60.1 cm³/mol. The highest BCUT2D eigenvalue weighted by Crippen LogP contribution is 2.31. The molecule has 2 rings (SSSR count). The van der Waals surface area contributed by atoms with Gasteiger partial charge >= 0.3 is 0 Å². The van der Waals surface area contributed by atoms with Gasteiger partial charge in [-0.1, -0.05) is 0 Å². The highest BCUT2D eigenvalue weighted by atomic mass is 19.1. The van der Waals surface area contributed by atoms with Crippen LogP contribution in [0.1, 0.15) is 17.4 Å². The van der Waals surface area contributed by atoms with Crippen molar-refractivity contribution in [3.63, 3.8) is 0 Å². The lowest BCUT2D eigenvalue weighted by Gasteiger charge is -2.17. The molecule has 90 valence electrons. The van der Waals surface area contributed by atoms with Gasteiger partial charge < -0.3 is 14.4 Å². The Labute approximate surface area is 99.2 Å². The first-order chi connectivity index (χ1) is 8.15. The average Bonchev–Trinajstić information content (AvgIpc) is 2.81. The van der Waals surface area contributed by atoms with Gasteiger partial charge in [-0.05, 0) is 12.1 Å². The highest BCUT2D eigenvalue weighted by Gasteiger charge is 2.25. The van der Waals surface area contributed by atoms with Crippen LogP contribution in [0, 0.1) is 17.1 Å². The number of rotatable bonds is 2. The molecule has 1 aliphatic heterocycles. The fraction of sp³-hybridized carbons (Fsp3) is 0.417. The summed E-state index contributed by atoms with van der Waals surface area (Å²) >= 11 is 0. The molecule has 0 radical (unpaired) electrons. The third-order valence-corrected chi connectivity index (χ3v) is 2.62. The lowest BCUT2D eigenvalue weighted by atomic mass is 10.1. The second-order valence-electron chi connectivity index (χ2n) is 3.94. The van der Waals surface area contributed by atoms with Crippen LogP contribution in [0.15, 0.2) is 12.1 Å². The van der Waals surface area contributed by atoms with E-state index in [1.165, 1.54) is 0 Å². The second kappa shape index (κ2) is 4.70. The Morgan fingerprint density at radius 1 is 1.35 bits per heavy atom. The van der Waals surface area contributed by atoms with Crippen molar-refractivity contribution in [2.75, 3.05) is 32.2 Å². The first kappa shape index (κ1) is 11.8. The molecule has 1 aromatic carbocycles. The Bertz CT molecular complexity index is 462. The zero-order valence-electron chi connectivity index (χ0n) is 9.74. The monoisotopic (exact) mass is 236 g/mol. The van der Waals surface area contributed by atoms with Gasteiger partial charge in [-0.2, -0.15) is 5.26 Å². The van der Waals surface area contributed by atoms with Gasteiger partial charge in [0.25, 0.3) is 0 Å². The van der Waals surface area contributed by atoms with Gasteiger partial charge in [0.2, 0.25) is 0 Å². The molecule has 0 N–H and O–H groups in total. The molecule has 0 spiro atoms. The van der Waals surface area contributed by atoms with E-state index in [9.17, 15) is 4.39 Å². The van der Waals surface area contributed by atoms with Crippen molar-refractivity contribution in [2.24, 2.45) is 0 Å². The number of benzene rings is 1. The number of ether oxygens (including phenoxy) is 2. The van der Waals surface area contributed by atoms with E-state index >= 15 is 0 Å². The molecule has 0 unspecified atom stereocenters. The fourth-order valence-corrected chi connectivity index (χ4v) is 1.78. The van der Waals surface area contributed by atoms with Crippen LogP contribution in [0.2, 0.25) is 0 Å². The number of nitrogens with zero attached hydrogens (tertiary/aromatic N) is 2. The molecule has 0 saturated carbocycles. The lowest BCUT2D eigenvalue weighted by Crippen LogP contribution is -2.13. The number of nitriles is 1. The van der Waals surface area contributed by atoms with Gasteiger partial charge in [-0.3, -0.25) is 0 Å². The number of halogens is 1. The topological polar surface area (TPSA) is 45.5 Å². The predicted octanol–water partition coefficient (Wildman–Crippen LogP) is 1.81. The minimum Gasteiger partial charge on any atom is -0.377 e. The van der Waals surface area contributed by atoms with Crippen molar-refractivity contribution >= 4 is 5.69 Å². The Balaban J connectivity index is 2.47. The molecule has 0 aliphatic carbocycles. The van der Waals surface area contributed by atoms with E-state index < -0.39 is 12.1 Å². The average molecular weight is 236 g/mol. The Kier molecular flexibility index (Phi) is 3.27. The Morgan fingerprint density at radius 3 is 2.53 bits per heavy atom. The minimum atomic E-state index is -0.696. The van der Waals surface area contributed by atoms with E-state index in [0.717, 1.165) is 0 Å². The van der Waals surface area contributed by atoms with Crippen molar-refractivity contribution in [3.8, 4) is 6.07 Å². The van der Waals surface area contributed by atoms with Crippen LogP contribution in [0.4, 0.5) is 10.1 Å². The number of hydrogen-bond donors (Lipinski definition) is 0. The lowest BCUT2D eigenvalue weighted by molar-refractivity contribution is -0.0464. The molecule has 0 atom stereocenters. The van der Waals surface area contributed by atoms with Crippen LogP contribution in [-0.4, -0.2) is 27.3 Å². The summed E-state index contributed by atoms with van der Waals surface area (Å²) in [6.07, 6.45) is -0.696. The van der Waals surface area contributed by atoms with Crippen LogP contribution >= 0.6 is 0 Å². The summed E-state index contributed by atoms with van der Waals surface area (Å²) < 4.78 is 24.6. The molecule has 5 heteroatoms. The standard InChI is InChI=1S/C12H13FN2O2/c1-15(2)10-4-3-8(11(13)9(10)7-14)12-16-5-6-17-12/h3-4,12H,5-6H2,1-2H3. The maximum absolute atomic E-state index is 14.1. The third kappa shape index (κ3) is 2.09. The van der Waals surface area contributed by atoms with Crippen molar-refractivity contribution in [1.82, 2.24) is 0 Å². The largest absolute Gasteiger partial charge is 0.377 e. The summed E-state index contributed by atoms with van der Waals surface area (Å²) in [5, 5.41) is 9.02. The van der Waals surface area contributed by atoms with Crippen molar-refractivity contribution in [3.05, 3.63) is 29.1 Å². The molecule has 0 aromatic heterocycles. The van der Waals surface area contributed by atoms with E-state index in [1.807, 2.05) is 6.07 Å². The van der Waals surface area contributed by atoms with Crippen molar-refractivity contribution < 1.29 is 13.9 Å². The summed E-state index contributed by atoms with van der Waals surface area (Å²) in [5.74, 6) is -0.564. The molecule has 4 nitrogen and oxygen atoms in total. The normalized spacial score (nSPS) is 15.9. The van der Waals surface area contributed by atoms with E-state index in [2.05, 4.69) is 0 Å². The Hall–Kier alpha value is -1.64. The van der Waals surface area contributed by atoms with E-state index in [4.69, 9.17) is 14.7 Å².